The minimum Gasteiger partial charge on any atom is -0.393 e. The summed E-state index contributed by atoms with van der Waals surface area (Å²) in [7, 11) is 0. The summed E-state index contributed by atoms with van der Waals surface area (Å²) in [6.07, 6.45) is 3.07. The second-order valence-corrected chi connectivity index (χ2v) is 6.00. The van der Waals surface area contributed by atoms with Crippen molar-refractivity contribution in [2.45, 2.75) is 6.92 Å². The van der Waals surface area contributed by atoms with Gasteiger partial charge in [-0.3, -0.25) is 0 Å². The Kier molecular flexibility index (Phi) is 4.57. The van der Waals surface area contributed by atoms with E-state index in [0.717, 1.165) is 5.56 Å². The summed E-state index contributed by atoms with van der Waals surface area (Å²) in [4.78, 5) is 12.4. The summed E-state index contributed by atoms with van der Waals surface area (Å²) in [5.41, 5.74) is 7.66. The van der Waals surface area contributed by atoms with E-state index >= 15 is 0 Å². The SMILES string of the molecule is Cc1ccc(Nc2ncnc(Nc3ccc(Br)cc3F)c2N)nc1. The Balaban J connectivity index is 1.86. The third-order valence-corrected chi connectivity index (χ3v) is 3.72. The van der Waals surface area contributed by atoms with Crippen molar-refractivity contribution in [3.8, 4) is 0 Å². The van der Waals surface area contributed by atoms with Crippen LogP contribution in [0.5, 0.6) is 0 Å². The number of halogens is 2. The summed E-state index contributed by atoms with van der Waals surface area (Å²) in [5.74, 6) is 0.881. The van der Waals surface area contributed by atoms with Gasteiger partial charge in [0.15, 0.2) is 11.6 Å². The Morgan fingerprint density at radius 1 is 1.04 bits per heavy atom. The molecule has 0 spiro atoms. The van der Waals surface area contributed by atoms with E-state index in [1.165, 1.54) is 12.4 Å². The molecule has 122 valence electrons. The molecule has 0 aliphatic heterocycles. The molecule has 0 radical (unpaired) electrons. The molecule has 0 aliphatic rings. The van der Waals surface area contributed by atoms with Crippen molar-refractivity contribution in [2.24, 2.45) is 0 Å². The van der Waals surface area contributed by atoms with Gasteiger partial charge in [-0.25, -0.2) is 19.3 Å². The lowest BCUT2D eigenvalue weighted by Crippen LogP contribution is -2.06. The Hall–Kier alpha value is -2.74. The number of anilines is 5. The lowest BCUT2D eigenvalue weighted by Gasteiger charge is -2.12. The van der Waals surface area contributed by atoms with Crippen molar-refractivity contribution in [1.82, 2.24) is 15.0 Å². The molecule has 0 saturated carbocycles. The number of hydrogen-bond acceptors (Lipinski definition) is 6. The zero-order valence-corrected chi connectivity index (χ0v) is 14.3. The van der Waals surface area contributed by atoms with Crippen LogP contribution >= 0.6 is 15.9 Å². The van der Waals surface area contributed by atoms with Crippen molar-refractivity contribution in [3.05, 3.63) is 58.7 Å². The first-order valence-corrected chi connectivity index (χ1v) is 7.84. The Morgan fingerprint density at radius 3 is 2.46 bits per heavy atom. The van der Waals surface area contributed by atoms with Gasteiger partial charge in [-0.05, 0) is 36.8 Å². The van der Waals surface area contributed by atoms with Crippen LogP contribution < -0.4 is 16.4 Å². The Morgan fingerprint density at radius 2 is 1.79 bits per heavy atom. The first-order valence-electron chi connectivity index (χ1n) is 7.05. The van der Waals surface area contributed by atoms with Crippen LogP contribution in [0, 0.1) is 12.7 Å². The molecule has 0 fully saturated rings. The molecule has 0 unspecified atom stereocenters. The number of nitrogen functional groups attached to an aromatic ring is 1. The Labute approximate surface area is 146 Å². The van der Waals surface area contributed by atoms with Crippen LogP contribution in [0.4, 0.5) is 33.2 Å². The largest absolute Gasteiger partial charge is 0.393 e. The summed E-state index contributed by atoms with van der Waals surface area (Å²) < 4.78 is 14.6. The van der Waals surface area contributed by atoms with Gasteiger partial charge in [0.2, 0.25) is 0 Å². The van der Waals surface area contributed by atoms with Crippen molar-refractivity contribution in [2.75, 3.05) is 16.4 Å². The van der Waals surface area contributed by atoms with Gasteiger partial charge in [0.05, 0.1) is 5.69 Å². The molecule has 0 saturated heterocycles. The zero-order valence-electron chi connectivity index (χ0n) is 12.7. The maximum absolute atomic E-state index is 14.0. The number of rotatable bonds is 4. The van der Waals surface area contributed by atoms with Gasteiger partial charge >= 0.3 is 0 Å². The molecule has 3 aromatic rings. The van der Waals surface area contributed by atoms with Gasteiger partial charge in [-0.2, -0.15) is 0 Å². The van der Waals surface area contributed by atoms with E-state index in [1.54, 1.807) is 18.3 Å². The first kappa shape index (κ1) is 16.1. The molecule has 6 nitrogen and oxygen atoms in total. The maximum Gasteiger partial charge on any atom is 0.160 e. The molecule has 1 aromatic carbocycles. The van der Waals surface area contributed by atoms with Crippen LogP contribution in [0.15, 0.2) is 47.3 Å². The number of aryl methyl sites for hydroxylation is 1. The normalized spacial score (nSPS) is 10.5. The number of nitrogens with one attached hydrogen (secondary N) is 2. The smallest absolute Gasteiger partial charge is 0.160 e. The van der Waals surface area contributed by atoms with E-state index in [1.807, 2.05) is 19.1 Å². The number of aromatic nitrogens is 3. The molecule has 0 amide bonds. The third kappa shape index (κ3) is 3.60. The number of nitrogens with two attached hydrogens (primary N) is 1. The second kappa shape index (κ2) is 6.79. The molecular weight excluding hydrogens is 375 g/mol. The highest BCUT2D eigenvalue weighted by Gasteiger charge is 2.11. The highest BCUT2D eigenvalue weighted by Crippen LogP contribution is 2.29. The Bertz CT molecular complexity index is 869. The topological polar surface area (TPSA) is 88.8 Å². The van der Waals surface area contributed by atoms with Gasteiger partial charge in [0.1, 0.15) is 23.6 Å². The predicted octanol–water partition coefficient (Wildman–Crippen LogP) is 4.15. The molecule has 0 atom stereocenters. The summed E-state index contributed by atoms with van der Waals surface area (Å²) in [5, 5.41) is 5.89. The van der Waals surface area contributed by atoms with E-state index in [0.29, 0.717) is 21.9 Å². The monoisotopic (exact) mass is 388 g/mol. The quantitative estimate of drug-likeness (QED) is 0.621. The highest BCUT2D eigenvalue weighted by molar-refractivity contribution is 9.10. The summed E-state index contributed by atoms with van der Waals surface area (Å²) in [6.45, 7) is 1.95. The lowest BCUT2D eigenvalue weighted by atomic mass is 10.3. The molecule has 24 heavy (non-hydrogen) atoms. The molecule has 3 rings (SSSR count). The van der Waals surface area contributed by atoms with Gasteiger partial charge in [0.25, 0.3) is 0 Å². The molecule has 0 aliphatic carbocycles. The second-order valence-electron chi connectivity index (χ2n) is 5.08. The predicted molar refractivity (Wildman–Crippen MR) is 96.1 cm³/mol. The molecular formula is C16H14BrFN6. The highest BCUT2D eigenvalue weighted by atomic mass is 79.9. The van der Waals surface area contributed by atoms with Crippen LogP contribution in [0.3, 0.4) is 0 Å². The number of nitrogens with zero attached hydrogens (tertiary/aromatic N) is 3. The summed E-state index contributed by atoms with van der Waals surface area (Å²) in [6, 6.07) is 8.41. The van der Waals surface area contributed by atoms with E-state index in [2.05, 4.69) is 41.5 Å². The average molecular weight is 389 g/mol. The third-order valence-electron chi connectivity index (χ3n) is 3.23. The standard InChI is InChI=1S/C16H14BrFN6/c1-9-2-5-13(20-7-9)24-16-14(19)15(21-8-22-16)23-12-4-3-10(17)6-11(12)18/h2-8H,19H2,1H3,(H2,20,21,22,23,24). The van der Waals surface area contributed by atoms with Crippen molar-refractivity contribution < 1.29 is 4.39 Å². The molecule has 2 aromatic heterocycles. The van der Waals surface area contributed by atoms with Crippen molar-refractivity contribution in [1.29, 1.82) is 0 Å². The average Bonchev–Trinajstić information content (AvgIpc) is 2.55. The minimum atomic E-state index is -0.419. The van der Waals surface area contributed by atoms with Crippen LogP contribution in [0.2, 0.25) is 0 Å². The van der Waals surface area contributed by atoms with E-state index in [9.17, 15) is 4.39 Å². The lowest BCUT2D eigenvalue weighted by molar-refractivity contribution is 0.631. The van der Waals surface area contributed by atoms with Crippen LogP contribution in [0.25, 0.3) is 0 Å². The fourth-order valence-corrected chi connectivity index (χ4v) is 2.31. The van der Waals surface area contributed by atoms with E-state index in [-0.39, 0.29) is 11.4 Å². The zero-order chi connectivity index (χ0) is 17.1. The van der Waals surface area contributed by atoms with Crippen LogP contribution in [-0.2, 0) is 0 Å². The maximum atomic E-state index is 14.0. The number of pyridine rings is 1. The number of hydrogen-bond donors (Lipinski definition) is 3. The molecule has 4 N–H and O–H groups in total. The molecule has 8 heteroatoms. The van der Waals surface area contributed by atoms with Crippen LogP contribution in [0.1, 0.15) is 5.56 Å². The van der Waals surface area contributed by atoms with Crippen molar-refractivity contribution >= 4 is 44.8 Å². The number of benzene rings is 1. The van der Waals surface area contributed by atoms with Gasteiger partial charge in [-0.15, -0.1) is 0 Å². The minimum absolute atomic E-state index is 0.266. The van der Waals surface area contributed by atoms with Crippen molar-refractivity contribution in [3.63, 3.8) is 0 Å². The fourth-order valence-electron chi connectivity index (χ4n) is 1.98. The van der Waals surface area contributed by atoms with Gasteiger partial charge in [-0.1, -0.05) is 22.0 Å². The van der Waals surface area contributed by atoms with Gasteiger partial charge < -0.3 is 16.4 Å². The van der Waals surface area contributed by atoms with Gasteiger partial charge in [0, 0.05) is 10.7 Å². The molecule has 0 bridgehead atoms. The van der Waals surface area contributed by atoms with Crippen LogP contribution in [-0.4, -0.2) is 15.0 Å². The summed E-state index contributed by atoms with van der Waals surface area (Å²) >= 11 is 3.21. The first-order chi connectivity index (χ1) is 11.5. The molecule has 2 heterocycles. The fraction of sp³-hybridized carbons (Fsp3) is 0.0625. The van der Waals surface area contributed by atoms with E-state index in [4.69, 9.17) is 5.73 Å². The van der Waals surface area contributed by atoms with E-state index < -0.39 is 5.82 Å².